The number of amides is 2. The van der Waals surface area contributed by atoms with E-state index >= 15 is 0 Å². The zero-order valence-corrected chi connectivity index (χ0v) is 17.3. The van der Waals surface area contributed by atoms with Crippen molar-refractivity contribution in [3.05, 3.63) is 83.9 Å². The normalized spacial score (nSPS) is 15.7. The Morgan fingerprint density at radius 3 is 2.84 bits per heavy atom. The molecule has 0 aliphatic carbocycles. The first-order valence-electron chi connectivity index (χ1n) is 10.2. The molecule has 2 amide bonds. The van der Waals surface area contributed by atoms with Crippen molar-refractivity contribution >= 4 is 28.4 Å². The van der Waals surface area contributed by atoms with Crippen LogP contribution in [0.4, 0.5) is 5.69 Å². The molecule has 5 rings (SSSR count). The fraction of sp³-hybridized carbons (Fsp3) is 0.167. The van der Waals surface area contributed by atoms with Gasteiger partial charge >= 0.3 is 0 Å². The third-order valence-electron chi connectivity index (χ3n) is 5.41. The van der Waals surface area contributed by atoms with Crippen LogP contribution in [0.3, 0.4) is 0 Å². The summed E-state index contributed by atoms with van der Waals surface area (Å²) in [5.74, 6) is 0.334. The Bertz CT molecular complexity index is 1300. The Labute approximate surface area is 183 Å². The summed E-state index contributed by atoms with van der Waals surface area (Å²) in [6.07, 6.45) is 2.22. The summed E-state index contributed by atoms with van der Waals surface area (Å²) in [6, 6.07) is 17.8. The number of pyridine rings is 1. The lowest BCUT2D eigenvalue weighted by molar-refractivity contribution is -0.120. The summed E-state index contributed by atoms with van der Waals surface area (Å²) in [5, 5.41) is 7.39. The molecule has 1 N–H and O–H groups in total. The van der Waals surface area contributed by atoms with Gasteiger partial charge in [0, 0.05) is 31.1 Å². The molecule has 4 aromatic rings. The Kier molecular flexibility index (Phi) is 5.03. The number of rotatable bonds is 4. The van der Waals surface area contributed by atoms with E-state index in [-0.39, 0.29) is 18.2 Å². The number of nitrogens with zero attached hydrogens (tertiary/aromatic N) is 3. The van der Waals surface area contributed by atoms with Crippen molar-refractivity contribution in [1.29, 1.82) is 0 Å². The molecular weight excluding hydrogens is 408 g/mol. The minimum Gasteiger partial charge on any atom is -0.489 e. The maximum atomic E-state index is 13.1. The molecule has 0 saturated heterocycles. The first kappa shape index (κ1) is 19.7. The van der Waals surface area contributed by atoms with Gasteiger partial charge in [-0.2, -0.15) is 0 Å². The summed E-state index contributed by atoms with van der Waals surface area (Å²) < 4.78 is 11.2. The molecule has 0 bridgehead atoms. The number of ether oxygens (including phenoxy) is 1. The monoisotopic (exact) mass is 428 g/mol. The van der Waals surface area contributed by atoms with Crippen LogP contribution in [0.25, 0.3) is 10.9 Å². The third-order valence-corrected chi connectivity index (χ3v) is 5.41. The molecule has 160 valence electrons. The fourth-order valence-electron chi connectivity index (χ4n) is 3.80. The predicted octanol–water partition coefficient (Wildman–Crippen LogP) is 2.97. The Morgan fingerprint density at radius 2 is 2.00 bits per heavy atom. The highest BCUT2D eigenvalue weighted by atomic mass is 16.5. The number of hydrogen-bond donors (Lipinski definition) is 1. The van der Waals surface area contributed by atoms with Crippen LogP contribution in [-0.4, -0.2) is 41.7 Å². The summed E-state index contributed by atoms with van der Waals surface area (Å²) >= 11 is 0. The van der Waals surface area contributed by atoms with Gasteiger partial charge in [-0.15, -0.1) is 0 Å². The number of hydrogen-bond acceptors (Lipinski definition) is 6. The molecule has 1 aliphatic heterocycles. The molecule has 8 nitrogen and oxygen atoms in total. The lowest BCUT2D eigenvalue weighted by atomic mass is 10.1. The third kappa shape index (κ3) is 3.66. The van der Waals surface area contributed by atoms with E-state index in [1.165, 1.54) is 4.90 Å². The molecule has 0 fully saturated rings. The molecule has 3 heterocycles. The van der Waals surface area contributed by atoms with Gasteiger partial charge in [0.15, 0.2) is 5.69 Å². The zero-order chi connectivity index (χ0) is 22.1. The van der Waals surface area contributed by atoms with Gasteiger partial charge in [-0.25, -0.2) is 0 Å². The first-order valence-corrected chi connectivity index (χ1v) is 10.2. The number of aromatic nitrogens is 2. The first-order chi connectivity index (χ1) is 15.6. The van der Waals surface area contributed by atoms with Crippen LogP contribution in [-0.2, 0) is 11.2 Å². The van der Waals surface area contributed by atoms with E-state index in [0.717, 1.165) is 16.5 Å². The van der Waals surface area contributed by atoms with E-state index in [1.54, 1.807) is 25.4 Å². The largest absolute Gasteiger partial charge is 0.489 e. The van der Waals surface area contributed by atoms with Crippen molar-refractivity contribution in [2.45, 2.75) is 12.5 Å². The molecule has 1 aliphatic rings. The molecule has 1 atom stereocenters. The number of carbonyl (C=O) groups is 2. The number of anilines is 1. The second kappa shape index (κ2) is 8.14. The van der Waals surface area contributed by atoms with Crippen LogP contribution in [0.2, 0.25) is 0 Å². The molecule has 8 heteroatoms. The maximum Gasteiger partial charge on any atom is 0.274 e. The van der Waals surface area contributed by atoms with Gasteiger partial charge in [-0.3, -0.25) is 14.6 Å². The van der Waals surface area contributed by atoms with Gasteiger partial charge in [0.05, 0.1) is 11.2 Å². The molecule has 2 aromatic carbocycles. The van der Waals surface area contributed by atoms with Crippen molar-refractivity contribution in [1.82, 2.24) is 15.5 Å². The van der Waals surface area contributed by atoms with Crippen LogP contribution in [0.1, 0.15) is 21.8 Å². The quantitative estimate of drug-likeness (QED) is 0.537. The highest BCUT2D eigenvalue weighted by Crippen LogP contribution is 2.37. The summed E-state index contributed by atoms with van der Waals surface area (Å²) in [4.78, 5) is 31.7. The second-order valence-corrected chi connectivity index (χ2v) is 7.56. The molecular formula is C24H20N4O4. The van der Waals surface area contributed by atoms with E-state index in [2.05, 4.69) is 15.5 Å². The predicted molar refractivity (Wildman–Crippen MR) is 118 cm³/mol. The van der Waals surface area contributed by atoms with Crippen LogP contribution in [0.15, 0.2) is 71.4 Å². The lowest BCUT2D eigenvalue weighted by Gasteiger charge is -2.21. The highest BCUT2D eigenvalue weighted by molar-refractivity contribution is 6.08. The minimum atomic E-state index is -0.874. The number of carbonyl (C=O) groups excluding carboxylic acids is 2. The Hall–Kier alpha value is -4.20. The van der Waals surface area contributed by atoms with Gasteiger partial charge in [0.25, 0.3) is 11.8 Å². The highest BCUT2D eigenvalue weighted by Gasteiger charge is 2.32. The number of fused-ring (bicyclic) bond motifs is 3. The van der Waals surface area contributed by atoms with Crippen LogP contribution < -0.4 is 15.0 Å². The number of nitrogens with one attached hydrogen (secondary N) is 1. The SMILES string of the molecule is CN1C(=O)[C@@H](NC(=O)c2cc(Cc3ccccc3)on2)COc2ccc3ncccc3c21. The molecule has 0 saturated carbocycles. The molecule has 0 unspecified atom stereocenters. The average Bonchev–Trinajstić information content (AvgIpc) is 3.25. The maximum absolute atomic E-state index is 13.1. The minimum absolute atomic E-state index is 0.00239. The van der Waals surface area contributed by atoms with Crippen LogP contribution >= 0.6 is 0 Å². The van der Waals surface area contributed by atoms with Gasteiger partial charge in [0.2, 0.25) is 0 Å². The van der Waals surface area contributed by atoms with E-state index in [0.29, 0.717) is 23.6 Å². The zero-order valence-electron chi connectivity index (χ0n) is 17.3. The van der Waals surface area contributed by atoms with Gasteiger partial charge in [0.1, 0.15) is 24.2 Å². The molecule has 32 heavy (non-hydrogen) atoms. The van der Waals surface area contributed by atoms with E-state index in [4.69, 9.17) is 9.26 Å². The summed E-state index contributed by atoms with van der Waals surface area (Å²) in [5.41, 5.74) is 2.54. The summed E-state index contributed by atoms with van der Waals surface area (Å²) in [6.45, 7) is 0.00239. The summed E-state index contributed by atoms with van der Waals surface area (Å²) in [7, 11) is 1.66. The van der Waals surface area contributed by atoms with Crippen molar-refractivity contribution in [3.8, 4) is 5.75 Å². The topological polar surface area (TPSA) is 97.6 Å². The fourth-order valence-corrected chi connectivity index (χ4v) is 3.80. The second-order valence-electron chi connectivity index (χ2n) is 7.56. The van der Waals surface area contributed by atoms with Crippen LogP contribution in [0, 0.1) is 0 Å². The van der Waals surface area contributed by atoms with Gasteiger partial charge in [-0.05, 0) is 29.8 Å². The number of benzene rings is 2. The average molecular weight is 428 g/mol. The van der Waals surface area contributed by atoms with Gasteiger partial charge < -0.3 is 19.5 Å². The van der Waals surface area contributed by atoms with Crippen molar-refractivity contribution < 1.29 is 18.8 Å². The Balaban J connectivity index is 1.33. The molecule has 2 aromatic heterocycles. The molecule has 0 radical (unpaired) electrons. The van der Waals surface area contributed by atoms with Crippen LogP contribution in [0.5, 0.6) is 5.75 Å². The van der Waals surface area contributed by atoms with E-state index in [9.17, 15) is 9.59 Å². The lowest BCUT2D eigenvalue weighted by Crippen LogP contribution is -2.49. The molecule has 0 spiro atoms. The van der Waals surface area contributed by atoms with E-state index < -0.39 is 11.9 Å². The number of likely N-dealkylation sites (N-methyl/N-ethyl adjacent to an activating group) is 1. The standard InChI is InChI=1S/C24H20N4O4/c1-28-22-17-8-5-11-25-18(17)9-10-21(22)31-14-20(24(28)30)26-23(29)19-13-16(32-27-19)12-15-6-3-2-4-7-15/h2-11,13,20H,12,14H2,1H3,(H,26,29)/t20-/m0/s1. The Morgan fingerprint density at radius 1 is 1.16 bits per heavy atom. The smallest absolute Gasteiger partial charge is 0.274 e. The van der Waals surface area contributed by atoms with E-state index in [1.807, 2.05) is 48.5 Å². The van der Waals surface area contributed by atoms with Crippen molar-refractivity contribution in [2.75, 3.05) is 18.6 Å². The van der Waals surface area contributed by atoms with Gasteiger partial charge in [-0.1, -0.05) is 35.5 Å². The van der Waals surface area contributed by atoms with Crippen molar-refractivity contribution in [3.63, 3.8) is 0 Å². The van der Waals surface area contributed by atoms with Crippen molar-refractivity contribution in [2.24, 2.45) is 0 Å².